The Hall–Kier alpha value is -1.64. The number of nitrogens with zero attached hydrogens (tertiary/aromatic N) is 2. The lowest BCUT2D eigenvalue weighted by molar-refractivity contribution is 0.837. The maximum atomic E-state index is 4.36. The molecule has 1 aromatic heterocycles. The largest absolute Gasteiger partial charge is 0.372 e. The molecule has 3 heteroatoms. The van der Waals surface area contributed by atoms with E-state index in [4.69, 9.17) is 0 Å². The smallest absolute Gasteiger partial charge is 0.149 e. The second kappa shape index (κ2) is 4.92. The van der Waals surface area contributed by atoms with Gasteiger partial charge in [-0.15, -0.1) is 10.2 Å². The van der Waals surface area contributed by atoms with E-state index >= 15 is 0 Å². The maximum absolute atomic E-state index is 4.36. The van der Waals surface area contributed by atoms with Gasteiger partial charge in [0.2, 0.25) is 0 Å². The van der Waals surface area contributed by atoms with Crippen molar-refractivity contribution in [3.63, 3.8) is 0 Å². The van der Waals surface area contributed by atoms with Crippen LogP contribution in [0.2, 0.25) is 0 Å². The third-order valence-corrected chi connectivity index (χ3v) is 3.29. The average molecular weight is 243 g/mol. The van der Waals surface area contributed by atoms with E-state index in [-0.39, 0.29) is 0 Å². The highest BCUT2D eigenvalue weighted by atomic mass is 15.2. The first-order chi connectivity index (χ1) is 8.52. The predicted octanol–water partition coefficient (Wildman–Crippen LogP) is 3.92. The van der Waals surface area contributed by atoms with Crippen molar-refractivity contribution in [2.24, 2.45) is 0 Å². The quantitative estimate of drug-likeness (QED) is 0.888. The lowest BCUT2D eigenvalue weighted by Crippen LogP contribution is -2.00. The lowest BCUT2D eigenvalue weighted by atomic mass is 9.93. The summed E-state index contributed by atoms with van der Waals surface area (Å²) < 4.78 is 0. The predicted molar refractivity (Wildman–Crippen MR) is 77.3 cm³/mol. The first kappa shape index (κ1) is 12.8. The van der Waals surface area contributed by atoms with Crippen LogP contribution in [0, 0.1) is 0 Å². The third kappa shape index (κ3) is 2.30. The molecule has 0 spiro atoms. The average Bonchev–Trinajstić information content (AvgIpc) is 2.36. The fourth-order valence-electron chi connectivity index (χ4n) is 2.11. The van der Waals surface area contributed by atoms with Gasteiger partial charge in [0, 0.05) is 12.4 Å². The Balaban J connectivity index is 2.72. The molecule has 2 aromatic rings. The highest BCUT2D eigenvalue weighted by Crippen LogP contribution is 2.29. The van der Waals surface area contributed by atoms with Crippen LogP contribution < -0.4 is 5.32 Å². The molecule has 0 saturated carbocycles. The number of rotatable bonds is 3. The van der Waals surface area contributed by atoms with E-state index in [9.17, 15) is 0 Å². The van der Waals surface area contributed by atoms with Crippen LogP contribution in [0.4, 0.5) is 5.82 Å². The number of fused-ring (bicyclic) bond motifs is 1. The highest BCUT2D eigenvalue weighted by molar-refractivity contribution is 5.84. The molecule has 0 aliphatic heterocycles. The zero-order chi connectivity index (χ0) is 13.3. The van der Waals surface area contributed by atoms with Gasteiger partial charge in [0.1, 0.15) is 5.82 Å². The molecule has 0 aliphatic carbocycles. The molecule has 0 bridgehead atoms. The van der Waals surface area contributed by atoms with E-state index in [1.54, 1.807) is 0 Å². The summed E-state index contributed by atoms with van der Waals surface area (Å²) in [4.78, 5) is 0. The zero-order valence-electron chi connectivity index (χ0n) is 11.8. The molecule has 1 N–H and O–H groups in total. The Morgan fingerprint density at radius 3 is 2.22 bits per heavy atom. The number of anilines is 1. The van der Waals surface area contributed by atoms with Crippen LogP contribution >= 0.6 is 0 Å². The molecule has 0 fully saturated rings. The second-order valence-electron chi connectivity index (χ2n) is 5.34. The number of hydrogen-bond acceptors (Lipinski definition) is 3. The number of aromatic nitrogens is 2. The van der Waals surface area contributed by atoms with E-state index in [0.717, 1.165) is 11.3 Å². The molecule has 1 heterocycles. The molecule has 1 aromatic carbocycles. The first-order valence-electron chi connectivity index (χ1n) is 6.52. The van der Waals surface area contributed by atoms with Gasteiger partial charge in [-0.3, -0.25) is 0 Å². The Bertz CT molecular complexity index is 559. The van der Waals surface area contributed by atoms with Crippen molar-refractivity contribution < 1.29 is 0 Å². The molecule has 0 amide bonds. The van der Waals surface area contributed by atoms with Crippen molar-refractivity contribution in [3.8, 4) is 0 Å². The number of hydrogen-bond donors (Lipinski definition) is 1. The monoisotopic (exact) mass is 243 g/mol. The summed E-state index contributed by atoms with van der Waals surface area (Å²) in [6.07, 6.45) is 0. The normalized spacial score (nSPS) is 11.5. The van der Waals surface area contributed by atoms with Gasteiger partial charge in [0.15, 0.2) is 0 Å². The van der Waals surface area contributed by atoms with Crippen molar-refractivity contribution in [3.05, 3.63) is 29.3 Å². The summed E-state index contributed by atoms with van der Waals surface area (Å²) in [6, 6.07) is 6.56. The van der Waals surface area contributed by atoms with E-state index in [2.05, 4.69) is 61.4 Å². The Labute approximate surface area is 109 Å². The van der Waals surface area contributed by atoms with Gasteiger partial charge in [-0.2, -0.15) is 0 Å². The van der Waals surface area contributed by atoms with Gasteiger partial charge in [-0.1, -0.05) is 33.8 Å². The van der Waals surface area contributed by atoms with E-state index in [0.29, 0.717) is 11.8 Å². The topological polar surface area (TPSA) is 37.8 Å². The molecule has 0 saturated heterocycles. The Kier molecular flexibility index (Phi) is 3.50. The molecule has 0 unspecified atom stereocenters. The van der Waals surface area contributed by atoms with Crippen molar-refractivity contribution >= 4 is 16.7 Å². The van der Waals surface area contributed by atoms with Gasteiger partial charge in [-0.05, 0) is 35.1 Å². The van der Waals surface area contributed by atoms with Crippen molar-refractivity contribution in [1.29, 1.82) is 0 Å². The number of benzene rings is 1. The van der Waals surface area contributed by atoms with Crippen molar-refractivity contribution in [1.82, 2.24) is 10.2 Å². The third-order valence-electron chi connectivity index (χ3n) is 3.29. The molecule has 0 radical (unpaired) electrons. The van der Waals surface area contributed by atoms with Crippen molar-refractivity contribution in [2.75, 3.05) is 12.4 Å². The SMILES string of the molecule is CNc1cc2cc(C(C)C)cc(C(C)C)c2nn1. The minimum atomic E-state index is 0.459. The molecule has 3 nitrogen and oxygen atoms in total. The summed E-state index contributed by atoms with van der Waals surface area (Å²) in [5, 5.41) is 12.8. The lowest BCUT2D eigenvalue weighted by Gasteiger charge is -2.14. The molecular weight excluding hydrogens is 222 g/mol. The standard InChI is InChI=1S/C15H21N3/c1-9(2)11-6-12-8-14(16-5)17-18-15(12)13(7-11)10(3)4/h6-10H,1-5H3,(H,16,17). The van der Waals surface area contributed by atoms with Gasteiger partial charge in [0.05, 0.1) is 5.52 Å². The van der Waals surface area contributed by atoms with E-state index < -0.39 is 0 Å². The van der Waals surface area contributed by atoms with Crippen LogP contribution in [0.5, 0.6) is 0 Å². The van der Waals surface area contributed by atoms with Crippen LogP contribution in [0.25, 0.3) is 10.9 Å². The second-order valence-corrected chi connectivity index (χ2v) is 5.34. The Morgan fingerprint density at radius 1 is 0.944 bits per heavy atom. The van der Waals surface area contributed by atoms with Crippen LogP contribution in [0.15, 0.2) is 18.2 Å². The molecule has 96 valence electrons. The van der Waals surface area contributed by atoms with Crippen molar-refractivity contribution in [2.45, 2.75) is 39.5 Å². The first-order valence-corrected chi connectivity index (χ1v) is 6.52. The van der Waals surface area contributed by atoms with Crippen LogP contribution in [0.3, 0.4) is 0 Å². The van der Waals surface area contributed by atoms with E-state index in [1.807, 2.05) is 7.05 Å². The van der Waals surface area contributed by atoms with Gasteiger partial charge >= 0.3 is 0 Å². The molecule has 0 atom stereocenters. The summed E-state index contributed by atoms with van der Waals surface area (Å²) in [6.45, 7) is 8.84. The van der Waals surface area contributed by atoms with Gasteiger partial charge in [0.25, 0.3) is 0 Å². The molecule has 0 aliphatic rings. The minimum Gasteiger partial charge on any atom is -0.372 e. The Morgan fingerprint density at radius 2 is 1.67 bits per heavy atom. The van der Waals surface area contributed by atoms with Gasteiger partial charge in [-0.25, -0.2) is 0 Å². The van der Waals surface area contributed by atoms with Crippen LogP contribution in [0.1, 0.15) is 50.7 Å². The number of nitrogens with one attached hydrogen (secondary N) is 1. The highest BCUT2D eigenvalue weighted by Gasteiger charge is 2.11. The maximum Gasteiger partial charge on any atom is 0.149 e. The zero-order valence-corrected chi connectivity index (χ0v) is 11.8. The molecule has 2 rings (SSSR count). The fourth-order valence-corrected chi connectivity index (χ4v) is 2.11. The van der Waals surface area contributed by atoms with E-state index in [1.165, 1.54) is 16.5 Å². The summed E-state index contributed by atoms with van der Waals surface area (Å²) in [5.41, 5.74) is 3.67. The minimum absolute atomic E-state index is 0.459. The van der Waals surface area contributed by atoms with Crippen LogP contribution in [-0.2, 0) is 0 Å². The van der Waals surface area contributed by atoms with Crippen LogP contribution in [-0.4, -0.2) is 17.2 Å². The summed E-state index contributed by atoms with van der Waals surface area (Å²) in [5.74, 6) is 1.80. The van der Waals surface area contributed by atoms with Gasteiger partial charge < -0.3 is 5.32 Å². The summed E-state index contributed by atoms with van der Waals surface area (Å²) in [7, 11) is 1.87. The molecule has 18 heavy (non-hydrogen) atoms. The molecular formula is C15H21N3. The summed E-state index contributed by atoms with van der Waals surface area (Å²) >= 11 is 0. The fraction of sp³-hybridized carbons (Fsp3) is 0.467.